The molecule has 2 amide bonds. The fourth-order valence-corrected chi connectivity index (χ4v) is 4.24. The molecule has 1 atom stereocenters. The number of rotatable bonds is 9. The van der Waals surface area contributed by atoms with E-state index >= 15 is 0 Å². The van der Waals surface area contributed by atoms with Gasteiger partial charge in [0.05, 0.1) is 29.6 Å². The Morgan fingerprint density at radius 2 is 1.73 bits per heavy atom. The van der Waals surface area contributed by atoms with Gasteiger partial charge in [-0.3, -0.25) is 19.3 Å². The molecular formula is C27H21F6N5O3. The van der Waals surface area contributed by atoms with Crippen molar-refractivity contribution in [3.05, 3.63) is 106 Å². The van der Waals surface area contributed by atoms with Crippen LogP contribution in [0.4, 0.5) is 26.3 Å². The molecule has 4 N–H and O–H groups in total. The fourth-order valence-electron chi connectivity index (χ4n) is 4.24. The molecule has 0 aliphatic heterocycles. The van der Waals surface area contributed by atoms with E-state index < -0.39 is 65.9 Å². The van der Waals surface area contributed by atoms with Gasteiger partial charge in [-0.25, -0.2) is 13.2 Å². The zero-order chi connectivity index (χ0) is 29.9. The summed E-state index contributed by atoms with van der Waals surface area (Å²) < 4.78 is 82.1. The lowest BCUT2D eigenvalue weighted by atomic mass is 9.94. The van der Waals surface area contributed by atoms with Crippen molar-refractivity contribution in [2.24, 2.45) is 5.73 Å². The number of carbonyl (C=O) groups excluding carboxylic acids is 2. The molecule has 0 radical (unpaired) electrons. The maximum absolute atomic E-state index is 14.1. The van der Waals surface area contributed by atoms with Crippen molar-refractivity contribution in [2.75, 3.05) is 0 Å². The molecule has 4 rings (SSSR count). The Morgan fingerprint density at radius 3 is 2.37 bits per heavy atom. The van der Waals surface area contributed by atoms with Gasteiger partial charge in [0.25, 0.3) is 5.91 Å². The van der Waals surface area contributed by atoms with E-state index in [4.69, 9.17) is 5.73 Å². The van der Waals surface area contributed by atoms with Crippen molar-refractivity contribution in [3.63, 3.8) is 0 Å². The number of benzene rings is 2. The summed E-state index contributed by atoms with van der Waals surface area (Å²) in [4.78, 5) is 29.1. The summed E-state index contributed by atoms with van der Waals surface area (Å²) in [6.45, 7) is -1.58. The molecule has 0 aliphatic carbocycles. The Hall–Kier alpha value is -4.72. The summed E-state index contributed by atoms with van der Waals surface area (Å²) in [7, 11) is 0. The van der Waals surface area contributed by atoms with Crippen molar-refractivity contribution < 1.29 is 41.0 Å². The second-order valence-electron chi connectivity index (χ2n) is 8.93. The summed E-state index contributed by atoms with van der Waals surface area (Å²) in [6.07, 6.45) is -3.69. The first-order valence-electron chi connectivity index (χ1n) is 11.9. The van der Waals surface area contributed by atoms with Crippen LogP contribution in [-0.4, -0.2) is 31.7 Å². The molecule has 0 bridgehead atoms. The van der Waals surface area contributed by atoms with Gasteiger partial charge in [0.2, 0.25) is 5.91 Å². The van der Waals surface area contributed by atoms with E-state index in [1.807, 2.05) is 0 Å². The van der Waals surface area contributed by atoms with Gasteiger partial charge in [-0.1, -0.05) is 12.1 Å². The SMILES string of the molecule is NC(=O)c1cc(-c2cccnc2[C@H](Cc2cc(F)cc(F)c2)NC(=O)Cn2nc(C(F)(F)F)cc2CO)ccc1F. The minimum Gasteiger partial charge on any atom is -0.390 e. The van der Waals surface area contributed by atoms with E-state index in [1.165, 1.54) is 24.4 Å². The van der Waals surface area contributed by atoms with Gasteiger partial charge in [-0.05, 0) is 53.9 Å². The van der Waals surface area contributed by atoms with Crippen molar-refractivity contribution in [1.82, 2.24) is 20.1 Å². The lowest BCUT2D eigenvalue weighted by molar-refractivity contribution is -0.141. The maximum Gasteiger partial charge on any atom is 0.435 e. The lowest BCUT2D eigenvalue weighted by Gasteiger charge is -2.22. The van der Waals surface area contributed by atoms with Crippen molar-refractivity contribution >= 4 is 11.8 Å². The van der Waals surface area contributed by atoms with Crippen molar-refractivity contribution in [2.45, 2.75) is 31.8 Å². The highest BCUT2D eigenvalue weighted by Gasteiger charge is 2.35. The number of nitrogens with two attached hydrogens (primary N) is 1. The molecule has 41 heavy (non-hydrogen) atoms. The van der Waals surface area contributed by atoms with Gasteiger partial charge in [-0.2, -0.15) is 18.3 Å². The highest BCUT2D eigenvalue weighted by molar-refractivity contribution is 5.94. The number of carbonyl (C=O) groups is 2. The highest BCUT2D eigenvalue weighted by Crippen LogP contribution is 2.31. The van der Waals surface area contributed by atoms with E-state index in [0.29, 0.717) is 22.4 Å². The molecule has 2 heterocycles. The zero-order valence-corrected chi connectivity index (χ0v) is 20.9. The van der Waals surface area contributed by atoms with Crippen LogP contribution in [0.25, 0.3) is 11.1 Å². The Kier molecular flexibility index (Phi) is 8.42. The molecule has 2 aromatic carbocycles. The predicted molar refractivity (Wildman–Crippen MR) is 132 cm³/mol. The Bertz CT molecular complexity index is 1580. The smallest absolute Gasteiger partial charge is 0.390 e. The first-order valence-corrected chi connectivity index (χ1v) is 11.9. The number of amides is 2. The van der Waals surface area contributed by atoms with Crippen LogP contribution < -0.4 is 11.1 Å². The van der Waals surface area contributed by atoms with Crippen LogP contribution in [0.5, 0.6) is 0 Å². The van der Waals surface area contributed by atoms with E-state index in [-0.39, 0.29) is 28.9 Å². The average molecular weight is 577 g/mol. The number of aliphatic hydroxyl groups excluding tert-OH is 1. The van der Waals surface area contributed by atoms with E-state index in [9.17, 15) is 41.0 Å². The molecule has 2 aromatic heterocycles. The van der Waals surface area contributed by atoms with Gasteiger partial charge in [-0.15, -0.1) is 0 Å². The van der Waals surface area contributed by atoms with Gasteiger partial charge in [0, 0.05) is 17.8 Å². The zero-order valence-electron chi connectivity index (χ0n) is 20.9. The van der Waals surface area contributed by atoms with Crippen LogP contribution in [0.15, 0.2) is 60.8 Å². The molecule has 0 spiro atoms. The van der Waals surface area contributed by atoms with Gasteiger partial charge < -0.3 is 16.2 Å². The Labute approximate surface area is 228 Å². The highest BCUT2D eigenvalue weighted by atomic mass is 19.4. The summed E-state index contributed by atoms with van der Waals surface area (Å²) in [5, 5.41) is 15.4. The van der Waals surface area contributed by atoms with E-state index in [0.717, 1.165) is 18.2 Å². The summed E-state index contributed by atoms with van der Waals surface area (Å²) in [6, 6.07) is 8.75. The first kappa shape index (κ1) is 29.3. The Balaban J connectivity index is 1.74. The number of nitrogens with one attached hydrogen (secondary N) is 1. The van der Waals surface area contributed by atoms with E-state index in [1.54, 1.807) is 6.07 Å². The third-order valence-corrected chi connectivity index (χ3v) is 6.02. The summed E-state index contributed by atoms with van der Waals surface area (Å²) in [5.41, 5.74) is 4.07. The molecular weight excluding hydrogens is 556 g/mol. The molecule has 214 valence electrons. The van der Waals surface area contributed by atoms with Crippen LogP contribution in [-0.2, 0) is 30.5 Å². The number of hydrogen-bond acceptors (Lipinski definition) is 5. The van der Waals surface area contributed by atoms with Gasteiger partial charge >= 0.3 is 6.18 Å². The van der Waals surface area contributed by atoms with Gasteiger partial charge in [0.1, 0.15) is 24.0 Å². The fraction of sp³-hybridized carbons (Fsp3) is 0.185. The Morgan fingerprint density at radius 1 is 1.02 bits per heavy atom. The summed E-state index contributed by atoms with van der Waals surface area (Å²) >= 11 is 0. The molecule has 4 aromatic rings. The van der Waals surface area contributed by atoms with Crippen molar-refractivity contribution in [3.8, 4) is 11.1 Å². The average Bonchev–Trinajstić information content (AvgIpc) is 3.31. The first-order chi connectivity index (χ1) is 19.3. The van der Waals surface area contributed by atoms with Crippen LogP contribution in [0.3, 0.4) is 0 Å². The number of pyridine rings is 1. The number of primary amides is 1. The van der Waals surface area contributed by atoms with Crippen molar-refractivity contribution in [1.29, 1.82) is 0 Å². The summed E-state index contributed by atoms with van der Waals surface area (Å²) in [5.74, 6) is -4.55. The lowest BCUT2D eigenvalue weighted by Crippen LogP contribution is -2.34. The molecule has 0 unspecified atom stereocenters. The molecule has 8 nitrogen and oxygen atoms in total. The van der Waals surface area contributed by atoms with Crippen LogP contribution in [0.1, 0.15) is 39.0 Å². The molecule has 0 saturated carbocycles. The number of halogens is 6. The minimum absolute atomic E-state index is 0.107. The number of aromatic nitrogens is 3. The number of alkyl halides is 3. The second-order valence-corrected chi connectivity index (χ2v) is 8.93. The quantitative estimate of drug-likeness (QED) is 0.259. The number of aliphatic hydroxyl groups is 1. The molecule has 0 fully saturated rings. The molecule has 14 heteroatoms. The third-order valence-electron chi connectivity index (χ3n) is 6.02. The molecule has 0 saturated heterocycles. The standard InChI is InChI=1S/C27H21F6N5O3/c28-16-6-14(7-17(29)10-16)8-22(36-24(40)12-38-18(13-39)11-23(37-38)27(31,32)33)25-19(2-1-5-35-25)15-3-4-21(30)20(9-15)26(34)41/h1-7,9-11,22,39H,8,12-13H2,(H2,34,41)(H,36,40)/t22-/m0/s1. The largest absolute Gasteiger partial charge is 0.435 e. The second kappa shape index (κ2) is 11.8. The minimum atomic E-state index is -4.82. The predicted octanol–water partition coefficient (Wildman–Crippen LogP) is 4.07. The topological polar surface area (TPSA) is 123 Å². The number of nitrogens with zero attached hydrogens (tertiary/aromatic N) is 3. The van der Waals surface area contributed by atoms with E-state index in [2.05, 4.69) is 15.4 Å². The van der Waals surface area contributed by atoms with Crippen LogP contribution >= 0.6 is 0 Å². The van der Waals surface area contributed by atoms with Crippen LogP contribution in [0, 0.1) is 17.5 Å². The van der Waals surface area contributed by atoms with Crippen LogP contribution in [0.2, 0.25) is 0 Å². The monoisotopic (exact) mass is 577 g/mol. The number of hydrogen-bond donors (Lipinski definition) is 3. The molecule has 0 aliphatic rings. The third kappa shape index (κ3) is 6.90. The van der Waals surface area contributed by atoms with Gasteiger partial charge in [0.15, 0.2) is 5.69 Å². The normalized spacial score (nSPS) is 12.3. The maximum atomic E-state index is 14.1.